The third-order valence-corrected chi connectivity index (χ3v) is 6.19. The molecule has 40 heavy (non-hydrogen) atoms. The zero-order valence-electron chi connectivity index (χ0n) is 22.1. The number of nitrogens with zero attached hydrogens (tertiary/aromatic N) is 1. The lowest BCUT2D eigenvalue weighted by Crippen LogP contribution is -2.43. The summed E-state index contributed by atoms with van der Waals surface area (Å²) in [7, 11) is 0. The summed E-state index contributed by atoms with van der Waals surface area (Å²) in [5, 5.41) is 18.1. The number of rotatable bonds is 14. The topological polar surface area (TPSA) is 115 Å². The van der Waals surface area contributed by atoms with Crippen LogP contribution in [0.5, 0.6) is 17.2 Å². The maximum Gasteiger partial charge on any atom is 0.508 e. The molecule has 3 aromatic rings. The summed E-state index contributed by atoms with van der Waals surface area (Å²) in [6.45, 7) is 1.85. The number of carboxylic acid groups (broad SMARTS) is 2. The van der Waals surface area contributed by atoms with Crippen LogP contribution in [0.2, 0.25) is 0 Å². The van der Waals surface area contributed by atoms with Crippen LogP contribution in [0.3, 0.4) is 0 Å². The highest BCUT2D eigenvalue weighted by molar-refractivity contribution is 5.78. The summed E-state index contributed by atoms with van der Waals surface area (Å²) >= 11 is 0. The second kappa shape index (κ2) is 14.5. The number of anilines is 1. The number of carboxylic acids is 1. The number of ether oxygens (including phenoxy) is 4. The lowest BCUT2D eigenvalue weighted by molar-refractivity contribution is -0.137. The van der Waals surface area contributed by atoms with Crippen LogP contribution >= 0.6 is 0 Å². The van der Waals surface area contributed by atoms with Crippen LogP contribution in [-0.4, -0.2) is 54.9 Å². The largest absolute Gasteiger partial charge is 0.508 e. The second-order valence-electron chi connectivity index (χ2n) is 9.19. The van der Waals surface area contributed by atoms with Crippen LogP contribution in [0, 0.1) is 0 Å². The molecule has 1 aliphatic rings. The third-order valence-electron chi connectivity index (χ3n) is 6.19. The number of para-hydroxylation sites is 2. The smallest absolute Gasteiger partial charge is 0.494 e. The Kier molecular flexibility index (Phi) is 10.3. The van der Waals surface area contributed by atoms with Crippen molar-refractivity contribution in [1.29, 1.82) is 0 Å². The van der Waals surface area contributed by atoms with E-state index in [2.05, 4.69) is 0 Å². The highest BCUT2D eigenvalue weighted by atomic mass is 16.8. The molecule has 1 aliphatic heterocycles. The Bertz CT molecular complexity index is 1280. The SMILES string of the molecule is O=C(O)CCCN1CC(OC(=O)O)Oc2c(/C=C/c3ccc(OCCCCOc4ccccc4)cc3)cccc21. The van der Waals surface area contributed by atoms with Gasteiger partial charge < -0.3 is 34.1 Å². The van der Waals surface area contributed by atoms with Gasteiger partial charge in [-0.15, -0.1) is 0 Å². The molecule has 0 aromatic heterocycles. The van der Waals surface area contributed by atoms with Crippen molar-refractivity contribution in [2.45, 2.75) is 32.0 Å². The Balaban J connectivity index is 1.32. The highest BCUT2D eigenvalue weighted by Crippen LogP contribution is 2.38. The monoisotopic (exact) mass is 547 g/mol. The van der Waals surface area contributed by atoms with E-state index in [1.165, 1.54) is 0 Å². The molecule has 3 aromatic carbocycles. The van der Waals surface area contributed by atoms with Gasteiger partial charge in [0.2, 0.25) is 0 Å². The van der Waals surface area contributed by atoms with Gasteiger partial charge in [0.05, 0.1) is 25.4 Å². The van der Waals surface area contributed by atoms with Gasteiger partial charge in [-0.05, 0) is 55.2 Å². The predicted octanol–water partition coefficient (Wildman–Crippen LogP) is 6.18. The van der Waals surface area contributed by atoms with Crippen molar-refractivity contribution in [3.05, 3.63) is 83.9 Å². The van der Waals surface area contributed by atoms with Gasteiger partial charge in [-0.25, -0.2) is 4.79 Å². The highest BCUT2D eigenvalue weighted by Gasteiger charge is 2.29. The molecular weight excluding hydrogens is 514 g/mol. The van der Waals surface area contributed by atoms with Crippen molar-refractivity contribution in [2.24, 2.45) is 0 Å². The van der Waals surface area contributed by atoms with Gasteiger partial charge in [0.15, 0.2) is 5.75 Å². The first kappa shape index (κ1) is 28.4. The Morgan fingerprint density at radius 2 is 1.55 bits per heavy atom. The molecule has 1 heterocycles. The summed E-state index contributed by atoms with van der Waals surface area (Å²) in [4.78, 5) is 24.0. The molecule has 0 amide bonds. The number of hydrogen-bond donors (Lipinski definition) is 2. The van der Waals surface area contributed by atoms with E-state index in [0.717, 1.165) is 41.2 Å². The van der Waals surface area contributed by atoms with Crippen LogP contribution in [0.1, 0.15) is 36.8 Å². The van der Waals surface area contributed by atoms with Crippen LogP contribution in [0.15, 0.2) is 72.8 Å². The fourth-order valence-electron chi connectivity index (χ4n) is 4.27. The molecule has 4 rings (SSSR count). The quantitative estimate of drug-likeness (QED) is 0.139. The van der Waals surface area contributed by atoms with E-state index in [4.69, 9.17) is 29.2 Å². The molecule has 0 fully saturated rings. The predicted molar refractivity (Wildman–Crippen MR) is 151 cm³/mol. The summed E-state index contributed by atoms with van der Waals surface area (Å²) in [6, 6.07) is 23.1. The molecule has 0 saturated carbocycles. The Hall–Kier alpha value is -4.66. The molecular formula is C31H33NO8. The first-order valence-corrected chi connectivity index (χ1v) is 13.2. The van der Waals surface area contributed by atoms with Gasteiger partial charge in [-0.1, -0.05) is 54.6 Å². The molecule has 0 aliphatic carbocycles. The third kappa shape index (κ3) is 8.69. The van der Waals surface area contributed by atoms with Gasteiger partial charge in [0.1, 0.15) is 11.5 Å². The summed E-state index contributed by atoms with van der Waals surface area (Å²) < 4.78 is 22.3. The van der Waals surface area contributed by atoms with E-state index in [0.29, 0.717) is 31.9 Å². The zero-order valence-corrected chi connectivity index (χ0v) is 22.1. The number of carbonyl (C=O) groups is 2. The standard InChI is InChI=1S/C31H33NO8/c33-28(34)12-7-19-32-22-29(40-31(35)36)39-30-24(8-6-11-27(30)32)16-13-23-14-17-26(18-15-23)38-21-5-4-20-37-25-9-2-1-3-10-25/h1-3,6,8-11,13-18,29H,4-5,7,12,19-22H2,(H,33,34)(H,35,36)/b16-13+. The van der Waals surface area contributed by atoms with Gasteiger partial charge in [0, 0.05) is 18.5 Å². The molecule has 1 unspecified atom stereocenters. The summed E-state index contributed by atoms with van der Waals surface area (Å²) in [6.07, 6.45) is 3.56. The molecule has 210 valence electrons. The fraction of sp³-hybridized carbons (Fsp3) is 0.290. The number of hydrogen-bond acceptors (Lipinski definition) is 7. The Morgan fingerprint density at radius 3 is 2.23 bits per heavy atom. The number of unbranched alkanes of at least 4 members (excludes halogenated alkanes) is 1. The molecule has 0 spiro atoms. The normalized spacial score (nSPS) is 14.3. The van der Waals surface area contributed by atoms with E-state index in [9.17, 15) is 9.59 Å². The average molecular weight is 548 g/mol. The molecule has 1 atom stereocenters. The van der Waals surface area contributed by atoms with Crippen molar-refractivity contribution in [3.63, 3.8) is 0 Å². The van der Waals surface area contributed by atoms with Crippen molar-refractivity contribution in [2.75, 3.05) is 31.2 Å². The lowest BCUT2D eigenvalue weighted by Gasteiger charge is -2.35. The minimum Gasteiger partial charge on any atom is -0.494 e. The molecule has 0 saturated heterocycles. The van der Waals surface area contributed by atoms with E-state index in [1.807, 2.05) is 89.8 Å². The number of benzene rings is 3. The average Bonchev–Trinajstić information content (AvgIpc) is 2.94. The number of fused-ring (bicyclic) bond motifs is 1. The Labute approximate surface area is 233 Å². The first-order chi connectivity index (χ1) is 19.5. The van der Waals surface area contributed by atoms with Crippen molar-refractivity contribution in [3.8, 4) is 17.2 Å². The maximum absolute atomic E-state index is 11.2. The van der Waals surface area contributed by atoms with E-state index in [1.54, 1.807) is 0 Å². The second-order valence-corrected chi connectivity index (χ2v) is 9.19. The van der Waals surface area contributed by atoms with E-state index < -0.39 is 18.4 Å². The fourth-order valence-corrected chi connectivity index (χ4v) is 4.27. The molecule has 2 N–H and O–H groups in total. The Morgan fingerprint density at radius 1 is 0.850 bits per heavy atom. The van der Waals surface area contributed by atoms with E-state index in [-0.39, 0.29) is 13.0 Å². The lowest BCUT2D eigenvalue weighted by atomic mass is 10.1. The zero-order chi connectivity index (χ0) is 28.2. The van der Waals surface area contributed by atoms with Gasteiger partial charge in [-0.2, -0.15) is 0 Å². The number of aliphatic carboxylic acids is 1. The van der Waals surface area contributed by atoms with Crippen LogP contribution in [0.4, 0.5) is 10.5 Å². The minimum absolute atomic E-state index is 0.0130. The van der Waals surface area contributed by atoms with Crippen molar-refractivity contribution >= 4 is 30.0 Å². The van der Waals surface area contributed by atoms with Gasteiger partial charge in [-0.3, -0.25) is 4.79 Å². The van der Waals surface area contributed by atoms with Gasteiger partial charge in [0.25, 0.3) is 6.29 Å². The van der Waals surface area contributed by atoms with Crippen molar-refractivity contribution in [1.82, 2.24) is 0 Å². The van der Waals surface area contributed by atoms with E-state index >= 15 is 0 Å². The first-order valence-electron chi connectivity index (χ1n) is 13.2. The molecule has 0 radical (unpaired) electrons. The summed E-state index contributed by atoms with van der Waals surface area (Å²) in [5.74, 6) is 1.26. The van der Waals surface area contributed by atoms with Crippen LogP contribution in [0.25, 0.3) is 12.2 Å². The minimum atomic E-state index is -1.44. The van der Waals surface area contributed by atoms with Gasteiger partial charge >= 0.3 is 12.1 Å². The maximum atomic E-state index is 11.2. The van der Waals surface area contributed by atoms with Crippen LogP contribution < -0.4 is 19.1 Å². The molecule has 9 heteroatoms. The van der Waals surface area contributed by atoms with Crippen LogP contribution in [-0.2, 0) is 9.53 Å². The summed E-state index contributed by atoms with van der Waals surface area (Å²) in [5.41, 5.74) is 2.46. The molecule has 9 nitrogen and oxygen atoms in total. The molecule has 0 bridgehead atoms. The van der Waals surface area contributed by atoms with Crippen molar-refractivity contribution < 1.29 is 38.7 Å².